The summed E-state index contributed by atoms with van der Waals surface area (Å²) >= 11 is 0. The minimum atomic E-state index is -0.120. The first-order valence-electron chi connectivity index (χ1n) is 11.4. The van der Waals surface area contributed by atoms with Crippen LogP contribution in [-0.4, -0.2) is 85.6 Å². The van der Waals surface area contributed by atoms with Gasteiger partial charge in [0, 0.05) is 38.3 Å². The van der Waals surface area contributed by atoms with Gasteiger partial charge in [-0.2, -0.15) is 0 Å². The highest BCUT2D eigenvalue weighted by Gasteiger charge is 2.58. The Morgan fingerprint density at radius 3 is 2.52 bits per heavy atom. The highest BCUT2D eigenvalue weighted by atomic mass is 127. The van der Waals surface area contributed by atoms with Crippen molar-refractivity contribution < 1.29 is 14.3 Å². The molecule has 8 nitrogen and oxygen atoms in total. The number of allylic oxidation sites excluding steroid dienone is 2. The minimum Gasteiger partial charge on any atom is -0.379 e. The Bertz CT molecular complexity index is 700. The molecule has 2 bridgehead atoms. The van der Waals surface area contributed by atoms with Crippen molar-refractivity contribution in [2.24, 2.45) is 28.7 Å². The minimum absolute atomic E-state index is 0. The van der Waals surface area contributed by atoms with Gasteiger partial charge in [0.2, 0.25) is 11.8 Å². The van der Waals surface area contributed by atoms with E-state index in [0.717, 1.165) is 38.7 Å². The van der Waals surface area contributed by atoms with Crippen LogP contribution in [0.25, 0.3) is 0 Å². The summed E-state index contributed by atoms with van der Waals surface area (Å²) in [5.74, 6) is 1.04. The molecule has 6 unspecified atom stereocenters. The number of morpholine rings is 1. The van der Waals surface area contributed by atoms with E-state index in [1.807, 2.05) is 6.92 Å². The number of carbonyl (C=O) groups is 2. The van der Waals surface area contributed by atoms with Crippen LogP contribution in [-0.2, 0) is 14.3 Å². The molecule has 2 heterocycles. The Balaban J connectivity index is 0.00000272. The fraction of sp³-hybridized carbons (Fsp3) is 0.773. The largest absolute Gasteiger partial charge is 0.379 e. The number of hydrogen-bond acceptors (Lipinski definition) is 5. The van der Waals surface area contributed by atoms with Crippen LogP contribution in [0.15, 0.2) is 17.1 Å². The van der Waals surface area contributed by atoms with Gasteiger partial charge in [0.05, 0.1) is 31.6 Å². The van der Waals surface area contributed by atoms with Crippen molar-refractivity contribution in [1.82, 2.24) is 20.4 Å². The molecular formula is C22H36IN5O3. The average molecular weight is 545 g/mol. The standard InChI is InChI=1S/C22H35N5O3.HI/c1-4-23-22(25-12-14(2)26-9-10-30-13-15(26)3)24-7-8-27-20(28)18-16-5-6-17(11-16)19(18)21(27)29;/h5-6,14-19H,4,7-13H2,1-3H3,(H2,23,24,25);1H. The second-order valence-corrected chi connectivity index (χ2v) is 8.99. The molecule has 4 aliphatic rings. The summed E-state index contributed by atoms with van der Waals surface area (Å²) < 4.78 is 5.52. The third-order valence-corrected chi connectivity index (χ3v) is 7.03. The molecule has 0 aromatic heterocycles. The topological polar surface area (TPSA) is 86.3 Å². The number of likely N-dealkylation sites (tertiary alicyclic amines) is 1. The maximum Gasteiger partial charge on any atom is 0.233 e. The molecule has 0 aromatic rings. The van der Waals surface area contributed by atoms with Gasteiger partial charge in [0.15, 0.2) is 5.96 Å². The van der Waals surface area contributed by atoms with Crippen LogP contribution in [0.1, 0.15) is 27.2 Å². The van der Waals surface area contributed by atoms with Crippen molar-refractivity contribution in [3.05, 3.63) is 12.2 Å². The van der Waals surface area contributed by atoms with Crippen LogP contribution in [0.4, 0.5) is 0 Å². The fourth-order valence-electron chi connectivity index (χ4n) is 5.54. The van der Waals surface area contributed by atoms with Gasteiger partial charge in [0.25, 0.3) is 0 Å². The molecule has 4 rings (SSSR count). The number of imide groups is 1. The number of guanidine groups is 1. The molecule has 3 fully saturated rings. The van der Waals surface area contributed by atoms with E-state index in [1.165, 1.54) is 4.90 Å². The SMILES string of the molecule is CCNC(=NCC(C)N1CCOCC1C)NCCN1C(=O)C2C3C=CC(C3)C2C1=O.I. The fourth-order valence-corrected chi connectivity index (χ4v) is 5.54. The number of fused-ring (bicyclic) bond motifs is 5. The van der Waals surface area contributed by atoms with Crippen molar-refractivity contribution >= 4 is 41.8 Å². The number of rotatable bonds is 7. The summed E-state index contributed by atoms with van der Waals surface area (Å²) in [6.07, 6.45) is 5.23. The number of nitrogens with one attached hydrogen (secondary N) is 2. The number of hydrogen-bond donors (Lipinski definition) is 2. The van der Waals surface area contributed by atoms with E-state index in [4.69, 9.17) is 9.73 Å². The van der Waals surface area contributed by atoms with E-state index in [1.54, 1.807) is 0 Å². The molecule has 174 valence electrons. The molecule has 6 atom stereocenters. The predicted octanol–water partition coefficient (Wildman–Crippen LogP) is 1.08. The van der Waals surface area contributed by atoms with Crippen LogP contribution in [0.5, 0.6) is 0 Å². The molecule has 9 heteroatoms. The molecule has 0 radical (unpaired) electrons. The first-order chi connectivity index (χ1) is 14.5. The molecular weight excluding hydrogens is 509 g/mol. The first-order valence-corrected chi connectivity index (χ1v) is 11.4. The van der Waals surface area contributed by atoms with Crippen molar-refractivity contribution in [1.29, 1.82) is 0 Å². The molecule has 2 saturated heterocycles. The summed E-state index contributed by atoms with van der Waals surface area (Å²) in [5, 5.41) is 6.56. The number of nitrogens with zero attached hydrogens (tertiary/aromatic N) is 3. The Hall–Kier alpha value is -1.20. The summed E-state index contributed by atoms with van der Waals surface area (Å²) in [4.78, 5) is 34.2. The monoisotopic (exact) mass is 545 g/mol. The second-order valence-electron chi connectivity index (χ2n) is 8.99. The van der Waals surface area contributed by atoms with E-state index < -0.39 is 0 Å². The lowest BCUT2D eigenvalue weighted by molar-refractivity contribution is -0.140. The molecule has 2 aliphatic carbocycles. The van der Waals surface area contributed by atoms with Gasteiger partial charge >= 0.3 is 0 Å². The smallest absolute Gasteiger partial charge is 0.233 e. The third kappa shape index (κ3) is 4.93. The summed E-state index contributed by atoms with van der Waals surface area (Å²) in [6, 6.07) is 0.722. The lowest BCUT2D eigenvalue weighted by atomic mass is 9.85. The van der Waals surface area contributed by atoms with Crippen molar-refractivity contribution in [3.8, 4) is 0 Å². The molecule has 2 N–H and O–H groups in total. The number of ether oxygens (including phenoxy) is 1. The van der Waals surface area contributed by atoms with Gasteiger partial charge in [-0.05, 0) is 39.0 Å². The van der Waals surface area contributed by atoms with Gasteiger partial charge in [-0.15, -0.1) is 24.0 Å². The van der Waals surface area contributed by atoms with Crippen molar-refractivity contribution in [2.75, 3.05) is 45.9 Å². The number of aliphatic imine (C=N–C) groups is 1. The molecule has 31 heavy (non-hydrogen) atoms. The maximum atomic E-state index is 12.8. The average Bonchev–Trinajstić information content (AvgIpc) is 3.41. The predicted molar refractivity (Wildman–Crippen MR) is 130 cm³/mol. The number of amides is 2. The normalized spacial score (nSPS) is 33.5. The van der Waals surface area contributed by atoms with E-state index in [2.05, 4.69) is 41.5 Å². The van der Waals surface area contributed by atoms with Gasteiger partial charge in [-0.25, -0.2) is 0 Å². The third-order valence-electron chi connectivity index (χ3n) is 7.03. The number of carbonyl (C=O) groups excluding carboxylic acids is 2. The Morgan fingerprint density at radius 1 is 1.23 bits per heavy atom. The Morgan fingerprint density at radius 2 is 1.90 bits per heavy atom. The van der Waals surface area contributed by atoms with Crippen molar-refractivity contribution in [2.45, 2.75) is 39.3 Å². The lowest BCUT2D eigenvalue weighted by Crippen LogP contribution is -2.50. The molecule has 2 amide bonds. The number of halogens is 1. The van der Waals surface area contributed by atoms with Crippen LogP contribution in [0.2, 0.25) is 0 Å². The van der Waals surface area contributed by atoms with Crippen LogP contribution < -0.4 is 10.6 Å². The Kier molecular flexibility index (Phi) is 8.37. The van der Waals surface area contributed by atoms with E-state index in [0.29, 0.717) is 31.7 Å². The van der Waals surface area contributed by atoms with Crippen LogP contribution in [0.3, 0.4) is 0 Å². The van der Waals surface area contributed by atoms with Gasteiger partial charge in [0.1, 0.15) is 0 Å². The molecule has 0 spiro atoms. The Labute approximate surface area is 202 Å². The lowest BCUT2D eigenvalue weighted by Gasteiger charge is -2.37. The second kappa shape index (κ2) is 10.6. The van der Waals surface area contributed by atoms with Crippen LogP contribution in [0, 0.1) is 23.7 Å². The quantitative estimate of drug-likeness (QED) is 0.164. The van der Waals surface area contributed by atoms with E-state index in [9.17, 15) is 9.59 Å². The summed E-state index contributed by atoms with van der Waals surface area (Å²) in [6.45, 7) is 11.2. The molecule has 0 aromatic carbocycles. The molecule has 2 aliphatic heterocycles. The zero-order chi connectivity index (χ0) is 21.3. The van der Waals surface area contributed by atoms with E-state index in [-0.39, 0.29) is 59.5 Å². The maximum absolute atomic E-state index is 12.8. The van der Waals surface area contributed by atoms with Gasteiger partial charge in [-0.3, -0.25) is 24.4 Å². The van der Waals surface area contributed by atoms with Crippen LogP contribution >= 0.6 is 24.0 Å². The summed E-state index contributed by atoms with van der Waals surface area (Å²) in [5.41, 5.74) is 0. The van der Waals surface area contributed by atoms with Gasteiger partial charge in [-0.1, -0.05) is 12.2 Å². The first kappa shape index (κ1) is 24.4. The van der Waals surface area contributed by atoms with E-state index >= 15 is 0 Å². The van der Waals surface area contributed by atoms with Crippen molar-refractivity contribution in [3.63, 3.8) is 0 Å². The highest BCUT2D eigenvalue weighted by molar-refractivity contribution is 14.0. The summed E-state index contributed by atoms with van der Waals surface area (Å²) in [7, 11) is 0. The molecule has 1 saturated carbocycles. The van der Waals surface area contributed by atoms with Gasteiger partial charge < -0.3 is 15.4 Å². The zero-order valence-electron chi connectivity index (χ0n) is 18.8. The highest BCUT2D eigenvalue weighted by Crippen LogP contribution is 2.52. The zero-order valence-corrected chi connectivity index (χ0v) is 21.1.